The second-order valence-corrected chi connectivity index (χ2v) is 6.49. The molecular formula is C20H24FN3O2. The number of carbonyl (C=O) groups excluding carboxylic acids is 1. The number of halogens is 1. The predicted molar refractivity (Wildman–Crippen MR) is 97.2 cm³/mol. The maximum Gasteiger partial charge on any atom is 0.263 e. The number of benzene rings is 1. The van der Waals surface area contributed by atoms with E-state index in [2.05, 4.69) is 9.88 Å². The third kappa shape index (κ3) is 5.02. The van der Waals surface area contributed by atoms with Gasteiger partial charge < -0.3 is 9.64 Å². The highest BCUT2D eigenvalue weighted by Gasteiger charge is 2.24. The first kappa shape index (κ1) is 18.3. The Bertz CT molecular complexity index is 709. The lowest BCUT2D eigenvalue weighted by atomic mass is 10.3. The average Bonchev–Trinajstić information content (AvgIpc) is 2.89. The Hall–Kier alpha value is -2.47. The molecule has 138 valence electrons. The number of nitrogens with zero attached hydrogens (tertiary/aromatic N) is 3. The highest BCUT2D eigenvalue weighted by molar-refractivity contribution is 5.81. The summed E-state index contributed by atoms with van der Waals surface area (Å²) < 4.78 is 18.6. The molecule has 2 aromatic rings. The summed E-state index contributed by atoms with van der Waals surface area (Å²) in [5.41, 5.74) is 1.04. The summed E-state index contributed by atoms with van der Waals surface area (Å²) in [5.74, 6) is 0.143. The molecule has 2 heterocycles. The standard InChI is InChI=1S/C20H24FN3O2/c1-16(26-19-8-6-17(21)7-9-19)20(25)24-12-4-11-23(13-14-24)15-18-5-2-3-10-22-18/h2-3,5-10,16H,4,11-15H2,1H3. The highest BCUT2D eigenvalue weighted by atomic mass is 19.1. The first-order valence-electron chi connectivity index (χ1n) is 8.95. The van der Waals surface area contributed by atoms with Crippen LogP contribution in [-0.2, 0) is 11.3 Å². The Balaban J connectivity index is 1.52. The quantitative estimate of drug-likeness (QED) is 0.825. The van der Waals surface area contributed by atoms with Gasteiger partial charge in [0.25, 0.3) is 5.91 Å². The number of aromatic nitrogens is 1. The van der Waals surface area contributed by atoms with Crippen LogP contribution in [0.4, 0.5) is 4.39 Å². The fourth-order valence-corrected chi connectivity index (χ4v) is 3.09. The van der Waals surface area contributed by atoms with Crippen LogP contribution in [0.3, 0.4) is 0 Å². The third-order valence-electron chi connectivity index (χ3n) is 4.49. The largest absolute Gasteiger partial charge is 0.481 e. The minimum absolute atomic E-state index is 0.0333. The van der Waals surface area contributed by atoms with Gasteiger partial charge >= 0.3 is 0 Å². The molecule has 0 aliphatic carbocycles. The maximum atomic E-state index is 13.0. The number of pyridine rings is 1. The maximum absolute atomic E-state index is 13.0. The Labute approximate surface area is 153 Å². The van der Waals surface area contributed by atoms with Gasteiger partial charge in [-0.05, 0) is 49.7 Å². The van der Waals surface area contributed by atoms with Crippen molar-refractivity contribution >= 4 is 5.91 Å². The van der Waals surface area contributed by atoms with Crippen LogP contribution in [0, 0.1) is 5.82 Å². The first-order valence-corrected chi connectivity index (χ1v) is 8.95. The summed E-state index contributed by atoms with van der Waals surface area (Å²) in [6.45, 7) is 5.67. The van der Waals surface area contributed by atoms with Crippen LogP contribution in [0.1, 0.15) is 19.0 Å². The number of hydrogen-bond donors (Lipinski definition) is 0. The van der Waals surface area contributed by atoms with Gasteiger partial charge in [-0.2, -0.15) is 0 Å². The van der Waals surface area contributed by atoms with Crippen LogP contribution >= 0.6 is 0 Å². The van der Waals surface area contributed by atoms with Crippen molar-refractivity contribution in [1.82, 2.24) is 14.8 Å². The van der Waals surface area contributed by atoms with E-state index in [9.17, 15) is 9.18 Å². The van der Waals surface area contributed by atoms with Crippen LogP contribution in [0.25, 0.3) is 0 Å². The summed E-state index contributed by atoms with van der Waals surface area (Å²) in [6.07, 6.45) is 2.13. The molecule has 1 aromatic heterocycles. The van der Waals surface area contributed by atoms with Gasteiger partial charge in [-0.25, -0.2) is 4.39 Å². The molecule has 1 aliphatic rings. The second-order valence-electron chi connectivity index (χ2n) is 6.49. The molecule has 1 amide bonds. The van der Waals surface area contributed by atoms with Gasteiger partial charge in [0.15, 0.2) is 6.10 Å². The fourth-order valence-electron chi connectivity index (χ4n) is 3.09. The lowest BCUT2D eigenvalue weighted by Gasteiger charge is -2.25. The minimum atomic E-state index is -0.595. The third-order valence-corrected chi connectivity index (χ3v) is 4.49. The van der Waals surface area contributed by atoms with E-state index in [-0.39, 0.29) is 11.7 Å². The molecule has 6 heteroatoms. The molecule has 1 fully saturated rings. The van der Waals surface area contributed by atoms with Crippen LogP contribution in [0.2, 0.25) is 0 Å². The number of hydrogen-bond acceptors (Lipinski definition) is 4. The normalized spacial score (nSPS) is 16.8. The molecular weight excluding hydrogens is 333 g/mol. The Morgan fingerprint density at radius 3 is 2.69 bits per heavy atom. The van der Waals surface area contributed by atoms with Crippen molar-refractivity contribution in [2.75, 3.05) is 26.2 Å². The molecule has 0 N–H and O–H groups in total. The van der Waals surface area contributed by atoms with Crippen molar-refractivity contribution in [2.45, 2.75) is 26.0 Å². The summed E-state index contributed by atoms with van der Waals surface area (Å²) in [7, 11) is 0. The molecule has 1 aromatic carbocycles. The molecule has 0 bridgehead atoms. The molecule has 1 atom stereocenters. The van der Waals surface area contributed by atoms with E-state index in [1.807, 2.05) is 23.1 Å². The van der Waals surface area contributed by atoms with Gasteiger partial charge in [-0.3, -0.25) is 14.7 Å². The summed E-state index contributed by atoms with van der Waals surface area (Å²) >= 11 is 0. The highest BCUT2D eigenvalue weighted by Crippen LogP contribution is 2.15. The van der Waals surface area contributed by atoms with Crippen LogP contribution in [0.15, 0.2) is 48.7 Å². The van der Waals surface area contributed by atoms with Gasteiger partial charge in [0.2, 0.25) is 0 Å². The number of carbonyl (C=O) groups is 1. The van der Waals surface area contributed by atoms with Crippen molar-refractivity contribution in [3.05, 3.63) is 60.2 Å². The van der Waals surface area contributed by atoms with Crippen molar-refractivity contribution < 1.29 is 13.9 Å². The number of amides is 1. The Morgan fingerprint density at radius 2 is 1.96 bits per heavy atom. The lowest BCUT2D eigenvalue weighted by molar-refractivity contribution is -0.137. The molecule has 1 aliphatic heterocycles. The van der Waals surface area contributed by atoms with Crippen LogP contribution < -0.4 is 4.74 Å². The van der Waals surface area contributed by atoms with Gasteiger partial charge in [-0.15, -0.1) is 0 Å². The van der Waals surface area contributed by atoms with Crippen molar-refractivity contribution in [3.63, 3.8) is 0 Å². The first-order chi connectivity index (χ1) is 12.6. The molecule has 3 rings (SSSR count). The molecule has 26 heavy (non-hydrogen) atoms. The van der Waals surface area contributed by atoms with E-state index in [4.69, 9.17) is 4.74 Å². The average molecular weight is 357 g/mol. The van der Waals surface area contributed by atoms with Gasteiger partial charge in [-0.1, -0.05) is 6.07 Å². The molecule has 0 radical (unpaired) electrons. The van der Waals surface area contributed by atoms with Gasteiger partial charge in [0.05, 0.1) is 5.69 Å². The molecule has 1 unspecified atom stereocenters. The van der Waals surface area contributed by atoms with E-state index < -0.39 is 6.10 Å². The van der Waals surface area contributed by atoms with Gasteiger partial charge in [0.1, 0.15) is 11.6 Å². The van der Waals surface area contributed by atoms with Crippen molar-refractivity contribution in [3.8, 4) is 5.75 Å². The number of ether oxygens (including phenoxy) is 1. The van der Waals surface area contributed by atoms with Crippen LogP contribution in [-0.4, -0.2) is 53.0 Å². The number of rotatable bonds is 5. The molecule has 0 spiro atoms. The zero-order chi connectivity index (χ0) is 18.4. The monoisotopic (exact) mass is 357 g/mol. The molecule has 1 saturated heterocycles. The van der Waals surface area contributed by atoms with E-state index in [0.717, 1.165) is 31.7 Å². The van der Waals surface area contributed by atoms with E-state index in [1.165, 1.54) is 24.3 Å². The zero-order valence-corrected chi connectivity index (χ0v) is 15.0. The molecule has 5 nitrogen and oxygen atoms in total. The summed E-state index contributed by atoms with van der Waals surface area (Å²) in [4.78, 5) is 21.2. The summed E-state index contributed by atoms with van der Waals surface area (Å²) in [6, 6.07) is 11.7. The predicted octanol–water partition coefficient (Wildman–Crippen LogP) is 2.72. The fraction of sp³-hybridized carbons (Fsp3) is 0.400. The van der Waals surface area contributed by atoms with E-state index >= 15 is 0 Å². The topological polar surface area (TPSA) is 45.7 Å². The van der Waals surface area contributed by atoms with Gasteiger partial charge in [0, 0.05) is 38.9 Å². The second kappa shape index (κ2) is 8.76. The smallest absolute Gasteiger partial charge is 0.263 e. The zero-order valence-electron chi connectivity index (χ0n) is 15.0. The SMILES string of the molecule is CC(Oc1ccc(F)cc1)C(=O)N1CCCN(Cc2ccccn2)CC1. The Kier molecular flexibility index (Phi) is 6.17. The summed E-state index contributed by atoms with van der Waals surface area (Å²) in [5, 5.41) is 0. The van der Waals surface area contributed by atoms with Crippen molar-refractivity contribution in [2.24, 2.45) is 0 Å². The van der Waals surface area contributed by atoms with E-state index in [1.54, 1.807) is 13.1 Å². The van der Waals surface area contributed by atoms with Crippen LogP contribution in [0.5, 0.6) is 5.75 Å². The molecule has 0 saturated carbocycles. The van der Waals surface area contributed by atoms with Crippen molar-refractivity contribution in [1.29, 1.82) is 0 Å². The van der Waals surface area contributed by atoms with E-state index in [0.29, 0.717) is 18.8 Å². The lowest BCUT2D eigenvalue weighted by Crippen LogP contribution is -2.42. The minimum Gasteiger partial charge on any atom is -0.481 e. The Morgan fingerprint density at radius 1 is 1.15 bits per heavy atom.